The lowest BCUT2D eigenvalue weighted by atomic mass is 9.44. The number of rotatable bonds is 0. The molecule has 0 aromatic rings. The number of hydrazone groups is 1. The second-order valence-electron chi connectivity index (χ2n) is 10.5. The maximum atomic E-state index is 6.19. The number of hydrogen-bond donors (Lipinski definition) is 1. The highest BCUT2D eigenvalue weighted by molar-refractivity contribution is 5.92. The van der Waals surface area contributed by atoms with Crippen LogP contribution in [0.5, 0.6) is 0 Å². The monoisotopic (exact) mass is 360 g/mol. The minimum atomic E-state index is -0.271. The van der Waals surface area contributed by atoms with Crippen molar-refractivity contribution in [3.05, 3.63) is 0 Å². The number of nitrogens with two attached hydrogens (primary N) is 1. The van der Waals surface area contributed by atoms with E-state index in [0.717, 1.165) is 49.7 Å². The summed E-state index contributed by atoms with van der Waals surface area (Å²) in [6.45, 7) is 9.00. The van der Waals surface area contributed by atoms with Crippen LogP contribution in [0, 0.1) is 40.4 Å². The molecule has 4 heteroatoms. The third-order valence-electron chi connectivity index (χ3n) is 9.77. The fourth-order valence-electron chi connectivity index (χ4n) is 8.42. The van der Waals surface area contributed by atoms with Gasteiger partial charge >= 0.3 is 0 Å². The summed E-state index contributed by atoms with van der Waals surface area (Å²) in [5.41, 5.74) is 2.03. The molecule has 5 fully saturated rings. The Morgan fingerprint density at radius 2 is 1.77 bits per heavy atom. The second-order valence-corrected chi connectivity index (χ2v) is 10.5. The fourth-order valence-corrected chi connectivity index (χ4v) is 8.42. The Hall–Kier alpha value is -0.610. The van der Waals surface area contributed by atoms with E-state index in [4.69, 9.17) is 15.3 Å². The Labute approximate surface area is 158 Å². The van der Waals surface area contributed by atoms with E-state index < -0.39 is 0 Å². The highest BCUT2D eigenvalue weighted by Gasteiger charge is 2.63. The molecule has 1 aliphatic heterocycles. The van der Waals surface area contributed by atoms with E-state index in [1.54, 1.807) is 0 Å². The summed E-state index contributed by atoms with van der Waals surface area (Å²) in [7, 11) is 0. The second kappa shape index (κ2) is 5.70. The molecule has 4 aliphatic carbocycles. The molecule has 26 heavy (non-hydrogen) atoms. The maximum absolute atomic E-state index is 6.19. The zero-order valence-corrected chi connectivity index (χ0v) is 16.8. The number of ether oxygens (including phenoxy) is 2. The quantitative estimate of drug-likeness (QED) is 0.516. The normalized spacial score (nSPS) is 54.1. The number of fused-ring (bicyclic) bond motifs is 5. The predicted molar refractivity (Wildman–Crippen MR) is 103 cm³/mol. The average Bonchev–Trinajstić information content (AvgIpc) is 3.21. The molecule has 1 heterocycles. The van der Waals surface area contributed by atoms with Crippen molar-refractivity contribution >= 4 is 5.71 Å². The lowest BCUT2D eigenvalue weighted by Gasteiger charge is -2.62. The Morgan fingerprint density at radius 3 is 2.50 bits per heavy atom. The van der Waals surface area contributed by atoms with E-state index in [9.17, 15) is 0 Å². The first kappa shape index (κ1) is 17.5. The van der Waals surface area contributed by atoms with E-state index >= 15 is 0 Å². The Bertz CT molecular complexity index is 613. The first-order chi connectivity index (χ1) is 12.4. The molecule has 0 amide bonds. The van der Waals surface area contributed by atoms with Gasteiger partial charge in [0.05, 0.1) is 13.2 Å². The van der Waals surface area contributed by atoms with Crippen molar-refractivity contribution < 1.29 is 9.47 Å². The molecule has 0 radical (unpaired) electrons. The zero-order chi connectivity index (χ0) is 18.2. The van der Waals surface area contributed by atoms with Crippen molar-refractivity contribution in [3.8, 4) is 0 Å². The molecule has 4 saturated carbocycles. The fraction of sp³-hybridized carbons (Fsp3) is 0.955. The van der Waals surface area contributed by atoms with Crippen molar-refractivity contribution in [1.82, 2.24) is 0 Å². The number of nitrogens with zero attached hydrogens (tertiary/aromatic N) is 1. The van der Waals surface area contributed by atoms with Crippen molar-refractivity contribution in [1.29, 1.82) is 0 Å². The molecule has 2 unspecified atom stereocenters. The van der Waals surface area contributed by atoms with Crippen LogP contribution in [0.2, 0.25) is 0 Å². The van der Waals surface area contributed by atoms with Gasteiger partial charge < -0.3 is 15.3 Å². The van der Waals surface area contributed by atoms with Crippen LogP contribution in [0.4, 0.5) is 0 Å². The Balaban J connectivity index is 1.44. The molecule has 1 saturated heterocycles. The summed E-state index contributed by atoms with van der Waals surface area (Å²) in [6, 6.07) is 0. The van der Waals surface area contributed by atoms with Crippen LogP contribution in [0.25, 0.3) is 0 Å². The van der Waals surface area contributed by atoms with Gasteiger partial charge in [-0.25, -0.2) is 0 Å². The summed E-state index contributed by atoms with van der Waals surface area (Å²) < 4.78 is 12.4. The average molecular weight is 361 g/mol. The van der Waals surface area contributed by atoms with E-state index in [2.05, 4.69) is 25.9 Å². The molecule has 5 rings (SSSR count). The minimum absolute atomic E-state index is 0.271. The minimum Gasteiger partial charge on any atom is -0.347 e. The van der Waals surface area contributed by atoms with Crippen LogP contribution in [0.15, 0.2) is 5.10 Å². The summed E-state index contributed by atoms with van der Waals surface area (Å²) in [5, 5.41) is 4.22. The van der Waals surface area contributed by atoms with Gasteiger partial charge in [-0.15, -0.1) is 0 Å². The SMILES string of the molecule is CC1C[C@@]2(C)C(CC[C@@H]3[C@@H]2CC[C@]2(C)/C(=N\N)CC[C@@H]32)CC12OCCO2. The molecular weight excluding hydrogens is 324 g/mol. The molecule has 5 aliphatic rings. The summed E-state index contributed by atoms with van der Waals surface area (Å²) in [6.07, 6.45) is 10.2. The van der Waals surface area contributed by atoms with Gasteiger partial charge in [0.2, 0.25) is 0 Å². The van der Waals surface area contributed by atoms with Gasteiger partial charge in [-0.1, -0.05) is 20.8 Å². The van der Waals surface area contributed by atoms with Crippen molar-refractivity contribution in [2.45, 2.75) is 77.9 Å². The molecule has 4 nitrogen and oxygen atoms in total. The lowest BCUT2D eigenvalue weighted by molar-refractivity contribution is -0.256. The van der Waals surface area contributed by atoms with E-state index in [1.165, 1.54) is 44.2 Å². The van der Waals surface area contributed by atoms with Gasteiger partial charge in [0.1, 0.15) is 0 Å². The van der Waals surface area contributed by atoms with Gasteiger partial charge in [-0.05, 0) is 74.0 Å². The van der Waals surface area contributed by atoms with Crippen molar-refractivity contribution in [2.24, 2.45) is 51.4 Å². The standard InChI is InChI=1S/C22H36N2O2/c1-14-12-21(3)15(13-22(14)25-10-11-26-22)4-5-16-17-6-7-19(24-23)20(17,2)9-8-18(16)21/h14-18H,4-13,23H2,1-3H3/b24-19-/t14?,15?,16-,17-,18-,20-,21-/m0/s1. The van der Waals surface area contributed by atoms with E-state index in [-0.39, 0.29) is 11.2 Å². The molecule has 0 aromatic heterocycles. The van der Waals surface area contributed by atoms with Crippen LogP contribution >= 0.6 is 0 Å². The van der Waals surface area contributed by atoms with Gasteiger partial charge in [-0.3, -0.25) is 0 Å². The Morgan fingerprint density at radius 1 is 1.00 bits per heavy atom. The van der Waals surface area contributed by atoms with Crippen LogP contribution in [-0.4, -0.2) is 24.7 Å². The molecular formula is C22H36N2O2. The van der Waals surface area contributed by atoms with Crippen molar-refractivity contribution in [2.75, 3.05) is 13.2 Å². The summed E-state index contributed by atoms with van der Waals surface area (Å²) >= 11 is 0. The van der Waals surface area contributed by atoms with E-state index in [0.29, 0.717) is 11.3 Å². The Kier molecular flexibility index (Phi) is 3.83. The largest absolute Gasteiger partial charge is 0.347 e. The van der Waals surface area contributed by atoms with Crippen molar-refractivity contribution in [3.63, 3.8) is 0 Å². The van der Waals surface area contributed by atoms with Crippen LogP contribution < -0.4 is 5.84 Å². The highest BCUT2D eigenvalue weighted by Crippen LogP contribution is 2.67. The first-order valence-electron chi connectivity index (χ1n) is 11.0. The smallest absolute Gasteiger partial charge is 0.171 e. The summed E-state index contributed by atoms with van der Waals surface area (Å²) in [5.74, 6) is 9.28. The first-order valence-corrected chi connectivity index (χ1v) is 11.0. The summed E-state index contributed by atoms with van der Waals surface area (Å²) in [4.78, 5) is 0. The molecule has 1 spiro atoms. The molecule has 2 N–H and O–H groups in total. The third-order valence-corrected chi connectivity index (χ3v) is 9.77. The molecule has 146 valence electrons. The molecule has 0 aromatic carbocycles. The third kappa shape index (κ3) is 2.12. The zero-order valence-electron chi connectivity index (χ0n) is 16.8. The highest BCUT2D eigenvalue weighted by atomic mass is 16.7. The van der Waals surface area contributed by atoms with Crippen LogP contribution in [0.3, 0.4) is 0 Å². The van der Waals surface area contributed by atoms with Gasteiger partial charge in [0, 0.05) is 23.5 Å². The molecule has 7 atom stereocenters. The van der Waals surface area contributed by atoms with Crippen LogP contribution in [-0.2, 0) is 9.47 Å². The molecule has 0 bridgehead atoms. The maximum Gasteiger partial charge on any atom is 0.171 e. The topological polar surface area (TPSA) is 56.8 Å². The number of hydrogen-bond acceptors (Lipinski definition) is 4. The van der Waals surface area contributed by atoms with Gasteiger partial charge in [0.15, 0.2) is 5.79 Å². The predicted octanol–water partition coefficient (Wildman–Crippen LogP) is 4.33. The van der Waals surface area contributed by atoms with Crippen LogP contribution in [0.1, 0.15) is 72.1 Å². The lowest BCUT2D eigenvalue weighted by Crippen LogP contribution is -2.58. The van der Waals surface area contributed by atoms with Gasteiger partial charge in [-0.2, -0.15) is 5.10 Å². The van der Waals surface area contributed by atoms with E-state index in [1.807, 2.05) is 0 Å². The van der Waals surface area contributed by atoms with Gasteiger partial charge in [0.25, 0.3) is 0 Å².